The van der Waals surface area contributed by atoms with Gasteiger partial charge in [-0.15, -0.1) is 0 Å². The number of carbonyl (C=O) groups excluding carboxylic acids is 2. The third-order valence-corrected chi connectivity index (χ3v) is 9.03. The molecule has 5 heteroatoms. The molecular formula is C20H16N2O2S. The smallest absolute Gasteiger partial charge is 0.265 e. The van der Waals surface area contributed by atoms with Gasteiger partial charge >= 0.3 is 0 Å². The van der Waals surface area contributed by atoms with Gasteiger partial charge in [-0.2, -0.15) is 0 Å². The molecule has 4 nitrogen and oxygen atoms in total. The average Bonchev–Trinajstić information content (AvgIpc) is 2.87. The Kier molecular flexibility index (Phi) is 2.70. The molecule has 3 aromatic carbocycles. The van der Waals surface area contributed by atoms with Gasteiger partial charge in [-0.3, -0.25) is 18.2 Å². The molecule has 0 aromatic heterocycles. The highest BCUT2D eigenvalue weighted by molar-refractivity contribution is 8.31. The highest BCUT2D eigenvalue weighted by atomic mass is 32.3. The summed E-state index contributed by atoms with van der Waals surface area (Å²) in [6, 6.07) is 19.6. The molecule has 25 heavy (non-hydrogen) atoms. The minimum Gasteiger partial charge on any atom is -0.280 e. The second-order valence-corrected chi connectivity index (χ2v) is 9.38. The van der Waals surface area contributed by atoms with E-state index in [1.165, 1.54) is 0 Å². The van der Waals surface area contributed by atoms with E-state index in [4.69, 9.17) is 0 Å². The zero-order valence-corrected chi connectivity index (χ0v) is 14.7. The summed E-state index contributed by atoms with van der Waals surface area (Å²) in [6.07, 6.45) is 0. The lowest BCUT2D eigenvalue weighted by Gasteiger charge is -2.51. The van der Waals surface area contributed by atoms with Gasteiger partial charge < -0.3 is 0 Å². The molecule has 1 spiro atoms. The summed E-state index contributed by atoms with van der Waals surface area (Å²) >= 11 is 0. The number of benzene rings is 3. The lowest BCUT2D eigenvalue weighted by Crippen LogP contribution is -2.40. The summed E-state index contributed by atoms with van der Waals surface area (Å²) < 4.78 is 3.56. The van der Waals surface area contributed by atoms with Crippen LogP contribution in [0.5, 0.6) is 0 Å². The summed E-state index contributed by atoms with van der Waals surface area (Å²) in [5, 5.41) is 2.01. The first-order chi connectivity index (χ1) is 12.1. The van der Waals surface area contributed by atoms with Crippen LogP contribution in [0.1, 0.15) is 20.7 Å². The van der Waals surface area contributed by atoms with Crippen molar-refractivity contribution in [3.05, 3.63) is 71.8 Å². The van der Waals surface area contributed by atoms with Crippen molar-refractivity contribution in [3.8, 4) is 0 Å². The van der Waals surface area contributed by atoms with Gasteiger partial charge in [0.15, 0.2) is 0 Å². The second kappa shape index (κ2) is 4.64. The van der Waals surface area contributed by atoms with Crippen molar-refractivity contribution in [2.75, 3.05) is 14.1 Å². The molecule has 124 valence electrons. The van der Waals surface area contributed by atoms with E-state index in [2.05, 4.69) is 6.07 Å². The summed E-state index contributed by atoms with van der Waals surface area (Å²) in [5.41, 5.74) is 1.40. The van der Waals surface area contributed by atoms with Crippen LogP contribution < -0.4 is 0 Å². The van der Waals surface area contributed by atoms with E-state index in [1.807, 2.05) is 68.7 Å². The highest BCUT2D eigenvalue weighted by Gasteiger charge is 2.52. The van der Waals surface area contributed by atoms with Gasteiger partial charge in [0.05, 0.1) is 5.56 Å². The Morgan fingerprint density at radius 3 is 2.00 bits per heavy atom. The SMILES string of the molecule is CN1C(=O)c2ccccc2S12c1cccc3cccc(c13)C(=O)N2C. The van der Waals surface area contributed by atoms with E-state index in [0.717, 1.165) is 20.6 Å². The summed E-state index contributed by atoms with van der Waals surface area (Å²) in [5.74, 6) is -0.0581. The fourth-order valence-electron chi connectivity index (χ4n) is 4.09. The maximum absolute atomic E-state index is 13.2. The Morgan fingerprint density at radius 1 is 0.680 bits per heavy atom. The maximum Gasteiger partial charge on any atom is 0.265 e. The van der Waals surface area contributed by atoms with Crippen molar-refractivity contribution < 1.29 is 9.59 Å². The van der Waals surface area contributed by atoms with Gasteiger partial charge in [0, 0.05) is 34.8 Å². The Labute approximate surface area is 147 Å². The number of nitrogens with zero attached hydrogens (tertiary/aromatic N) is 2. The van der Waals surface area contributed by atoms with Crippen molar-refractivity contribution in [3.63, 3.8) is 0 Å². The number of fused-ring (bicyclic) bond motifs is 3. The first-order valence-electron chi connectivity index (χ1n) is 8.09. The molecule has 0 aliphatic carbocycles. The van der Waals surface area contributed by atoms with Crippen LogP contribution in [0.25, 0.3) is 10.8 Å². The lowest BCUT2D eigenvalue weighted by molar-refractivity contribution is 0.0867. The largest absolute Gasteiger partial charge is 0.280 e. The van der Waals surface area contributed by atoms with Gasteiger partial charge in [-0.25, -0.2) is 0 Å². The van der Waals surface area contributed by atoms with E-state index in [0.29, 0.717) is 11.1 Å². The average molecular weight is 348 g/mol. The van der Waals surface area contributed by atoms with Gasteiger partial charge in [0.2, 0.25) is 0 Å². The molecule has 2 aliphatic heterocycles. The van der Waals surface area contributed by atoms with Crippen LogP contribution in [-0.4, -0.2) is 34.5 Å². The maximum atomic E-state index is 13.2. The van der Waals surface area contributed by atoms with E-state index < -0.39 is 10.4 Å². The minimum absolute atomic E-state index is 0.0263. The van der Waals surface area contributed by atoms with Gasteiger partial charge in [-0.05, 0) is 40.1 Å². The number of hydrogen-bond donors (Lipinski definition) is 0. The summed E-state index contributed by atoms with van der Waals surface area (Å²) in [7, 11) is 1.56. The van der Waals surface area contributed by atoms with Gasteiger partial charge in [-0.1, -0.05) is 36.4 Å². The standard InChI is InChI=1S/C20H16N2O2S/c1-21-19(23)14-9-3-4-11-16(14)25(21)17-12-6-8-13-7-5-10-15(18(13)17)20(24)22(25)2/h3-12H,1-2H3. The van der Waals surface area contributed by atoms with Gasteiger partial charge in [0.1, 0.15) is 0 Å². The molecular weight excluding hydrogens is 332 g/mol. The highest BCUT2D eigenvalue weighted by Crippen LogP contribution is 2.73. The molecule has 2 aliphatic rings. The zero-order chi connectivity index (χ0) is 17.3. The molecule has 1 atom stereocenters. The molecule has 0 saturated carbocycles. The number of rotatable bonds is 0. The van der Waals surface area contributed by atoms with Crippen LogP contribution in [0, 0.1) is 0 Å². The molecule has 1 unspecified atom stereocenters. The fourth-order valence-corrected chi connectivity index (χ4v) is 8.06. The van der Waals surface area contributed by atoms with Crippen LogP contribution in [0.2, 0.25) is 0 Å². The van der Waals surface area contributed by atoms with Crippen molar-refractivity contribution in [2.45, 2.75) is 9.79 Å². The molecule has 0 fully saturated rings. The Balaban J connectivity index is 2.00. The van der Waals surface area contributed by atoms with Crippen LogP contribution in [0.4, 0.5) is 0 Å². The van der Waals surface area contributed by atoms with Crippen LogP contribution in [-0.2, 0) is 0 Å². The normalized spacial score (nSPS) is 23.9. The van der Waals surface area contributed by atoms with Crippen molar-refractivity contribution in [2.24, 2.45) is 0 Å². The molecule has 2 heterocycles. The summed E-state index contributed by atoms with van der Waals surface area (Å²) in [6.45, 7) is 0. The number of carbonyl (C=O) groups is 2. The fraction of sp³-hybridized carbons (Fsp3) is 0.100. The predicted octanol–water partition coefficient (Wildman–Crippen LogP) is 4.06. The Bertz CT molecular complexity index is 1090. The summed E-state index contributed by atoms with van der Waals surface area (Å²) in [4.78, 5) is 28.2. The molecule has 0 saturated heterocycles. The topological polar surface area (TPSA) is 40.6 Å². The Hall–Kier alpha value is -2.79. The third-order valence-electron chi connectivity index (χ3n) is 5.19. The van der Waals surface area contributed by atoms with E-state index >= 15 is 0 Å². The minimum atomic E-state index is -2.08. The quantitative estimate of drug-likeness (QED) is 0.615. The van der Waals surface area contributed by atoms with E-state index in [-0.39, 0.29) is 11.8 Å². The molecule has 0 bridgehead atoms. The van der Waals surface area contributed by atoms with Crippen LogP contribution >= 0.6 is 10.4 Å². The molecule has 2 amide bonds. The van der Waals surface area contributed by atoms with Crippen molar-refractivity contribution >= 4 is 33.0 Å². The van der Waals surface area contributed by atoms with Gasteiger partial charge in [0.25, 0.3) is 11.8 Å². The van der Waals surface area contributed by atoms with Crippen LogP contribution in [0.15, 0.2) is 70.5 Å². The number of amides is 2. The monoisotopic (exact) mass is 348 g/mol. The predicted molar refractivity (Wildman–Crippen MR) is 98.7 cm³/mol. The lowest BCUT2D eigenvalue weighted by atomic mass is 10.0. The van der Waals surface area contributed by atoms with E-state index in [9.17, 15) is 9.59 Å². The van der Waals surface area contributed by atoms with Crippen molar-refractivity contribution in [1.82, 2.24) is 8.61 Å². The first kappa shape index (κ1) is 14.5. The third kappa shape index (κ3) is 1.50. The van der Waals surface area contributed by atoms with Crippen molar-refractivity contribution in [1.29, 1.82) is 0 Å². The molecule has 0 N–H and O–H groups in total. The molecule has 3 aromatic rings. The Morgan fingerprint density at radius 2 is 1.24 bits per heavy atom. The van der Waals surface area contributed by atoms with E-state index in [1.54, 1.807) is 8.61 Å². The number of hydrogen-bond acceptors (Lipinski definition) is 2. The molecule has 0 radical (unpaired) electrons. The second-order valence-electron chi connectivity index (χ2n) is 6.31. The zero-order valence-electron chi connectivity index (χ0n) is 13.9. The van der Waals surface area contributed by atoms with Crippen LogP contribution in [0.3, 0.4) is 0 Å². The first-order valence-corrected chi connectivity index (χ1v) is 9.64. The molecule has 5 rings (SSSR count).